The highest BCUT2D eigenvalue weighted by Gasteiger charge is 2.16. The number of aliphatic hydroxyl groups excluding tert-OH is 1. The van der Waals surface area contributed by atoms with Gasteiger partial charge in [0.2, 0.25) is 0 Å². The molecule has 3 aromatic rings. The number of methoxy groups -OCH3 is 1. The molecule has 31 heavy (non-hydrogen) atoms. The first kappa shape index (κ1) is 18.3. The third kappa shape index (κ3) is 3.83. The van der Waals surface area contributed by atoms with E-state index in [1.165, 1.54) is 0 Å². The van der Waals surface area contributed by atoms with E-state index >= 15 is 0 Å². The summed E-state index contributed by atoms with van der Waals surface area (Å²) in [6, 6.07) is 12.0. The van der Waals surface area contributed by atoms with Crippen molar-refractivity contribution in [2.24, 2.45) is 0 Å². The van der Waals surface area contributed by atoms with Crippen LogP contribution in [0, 0.1) is 0 Å². The van der Waals surface area contributed by atoms with Crippen molar-refractivity contribution in [1.29, 1.82) is 0 Å². The van der Waals surface area contributed by atoms with Gasteiger partial charge >= 0.3 is 0 Å². The average molecular weight is 413 g/mol. The minimum absolute atomic E-state index is 0.278. The zero-order valence-corrected chi connectivity index (χ0v) is 17.6. The van der Waals surface area contributed by atoms with Gasteiger partial charge < -0.3 is 19.8 Å². The second kappa shape index (κ2) is 7.65. The molecule has 0 aromatic carbocycles. The molecule has 0 amide bonds. The third-order valence-electron chi connectivity index (χ3n) is 5.48. The van der Waals surface area contributed by atoms with Crippen LogP contribution in [0.15, 0.2) is 42.4 Å². The first-order valence-corrected chi connectivity index (χ1v) is 10.2. The zero-order valence-electron chi connectivity index (χ0n) is 18.6. The molecule has 5 rings (SSSR count). The second-order valence-electron chi connectivity index (χ2n) is 7.81. The number of H-pyrrole nitrogens is 2. The molecule has 2 aliphatic rings. The van der Waals surface area contributed by atoms with Gasteiger partial charge in [0.25, 0.3) is 0 Å². The summed E-state index contributed by atoms with van der Waals surface area (Å²) in [6.45, 7) is 3.65. The summed E-state index contributed by atoms with van der Waals surface area (Å²) in [5.74, 6) is 0. The van der Waals surface area contributed by atoms with E-state index < -0.39 is 6.10 Å². The van der Waals surface area contributed by atoms with Gasteiger partial charge in [0.1, 0.15) is 0 Å². The minimum Gasteiger partial charge on any atom is -0.389 e. The number of nitrogens with zero attached hydrogens (tertiary/aromatic N) is 2. The Balaban J connectivity index is 1.89. The van der Waals surface area contributed by atoms with Crippen LogP contribution in [-0.4, -0.2) is 38.3 Å². The summed E-state index contributed by atoms with van der Waals surface area (Å²) < 4.78 is 14.3. The predicted molar refractivity (Wildman–Crippen MR) is 125 cm³/mol. The minimum atomic E-state index is -0.665. The number of ether oxygens (including phenoxy) is 1. The van der Waals surface area contributed by atoms with E-state index in [1.54, 1.807) is 14.0 Å². The normalized spacial score (nSPS) is 15.5. The Morgan fingerprint density at radius 1 is 0.935 bits per heavy atom. The summed E-state index contributed by atoms with van der Waals surface area (Å²) >= 11 is 0. The summed E-state index contributed by atoms with van der Waals surface area (Å²) in [6.07, 6.45) is 4.82. The molecule has 6 heteroatoms. The summed E-state index contributed by atoms with van der Waals surface area (Å²) in [5, 5.41) is 10.3. The number of aromatic amines is 2. The zero-order chi connectivity index (χ0) is 22.4. The maximum absolute atomic E-state index is 10.3. The molecule has 2 atom stereocenters. The maximum Gasteiger partial charge on any atom is 0.0813 e. The van der Waals surface area contributed by atoms with Crippen molar-refractivity contribution in [3.05, 3.63) is 70.8 Å². The molecule has 0 spiro atoms. The molecule has 2 aliphatic heterocycles. The largest absolute Gasteiger partial charge is 0.389 e. The smallest absolute Gasteiger partial charge is 0.0813 e. The van der Waals surface area contributed by atoms with Crippen LogP contribution in [0.25, 0.3) is 45.9 Å². The monoisotopic (exact) mass is 413 g/mol. The molecule has 0 saturated carbocycles. The summed E-state index contributed by atoms with van der Waals surface area (Å²) in [4.78, 5) is 16.1. The molecule has 5 heterocycles. The number of hydrogen-bond acceptors (Lipinski definition) is 4. The molecule has 6 nitrogen and oxygen atoms in total. The van der Waals surface area contributed by atoms with E-state index in [2.05, 4.69) is 15.0 Å². The van der Waals surface area contributed by atoms with Gasteiger partial charge in [-0.1, -0.05) is 0 Å². The molecular weight excluding hydrogens is 388 g/mol. The number of fused-ring (bicyclic) bond motifs is 8. The van der Waals surface area contributed by atoms with E-state index in [1.807, 2.05) is 61.5 Å². The Labute approximate surface area is 181 Å². The van der Waals surface area contributed by atoms with Crippen LogP contribution in [0.5, 0.6) is 0 Å². The Bertz CT molecular complexity index is 1430. The summed E-state index contributed by atoms with van der Waals surface area (Å²) in [7, 11) is 1.63. The van der Waals surface area contributed by atoms with Crippen LogP contribution in [0.3, 0.4) is 0 Å². The molecule has 0 saturated heterocycles. The van der Waals surface area contributed by atoms with Gasteiger partial charge in [-0.3, -0.25) is 0 Å². The Morgan fingerprint density at radius 2 is 1.65 bits per heavy atom. The quantitative estimate of drug-likeness (QED) is 0.435. The van der Waals surface area contributed by atoms with Crippen molar-refractivity contribution in [3.63, 3.8) is 0 Å². The van der Waals surface area contributed by atoms with Crippen molar-refractivity contribution in [2.45, 2.75) is 26.1 Å². The predicted octanol–water partition coefficient (Wildman–Crippen LogP) is 5.11. The average Bonchev–Trinajstić information content (AvgIpc) is 3.52. The van der Waals surface area contributed by atoms with Crippen molar-refractivity contribution < 1.29 is 11.2 Å². The standard InChI is InChI=1S/C25H24N4O2/c1-14(30)22-10-21-13-25-23(15(2)31-3)11-20(28-25)9-18-5-4-16(26-18)8-17-6-7-19(27-17)12-24(22)29-21/h4-15,27-28,30H,1-3H3/i11D. The van der Waals surface area contributed by atoms with Crippen LogP contribution < -0.4 is 0 Å². The van der Waals surface area contributed by atoms with Gasteiger partial charge in [-0.25, -0.2) is 9.97 Å². The van der Waals surface area contributed by atoms with E-state index in [-0.39, 0.29) is 6.10 Å². The van der Waals surface area contributed by atoms with Gasteiger partial charge in [-0.15, -0.1) is 0 Å². The lowest BCUT2D eigenvalue weighted by molar-refractivity contribution is 0.121. The van der Waals surface area contributed by atoms with Gasteiger partial charge in [0.05, 0.1) is 36.4 Å². The fourth-order valence-corrected chi connectivity index (χ4v) is 3.83. The number of aromatic nitrogens is 4. The van der Waals surface area contributed by atoms with Gasteiger partial charge in [-0.05, 0) is 74.5 Å². The number of hydrogen-bond donors (Lipinski definition) is 3. The fraction of sp³-hybridized carbons (Fsp3) is 0.200. The molecule has 0 aliphatic carbocycles. The molecule has 3 aromatic heterocycles. The van der Waals surface area contributed by atoms with Crippen LogP contribution in [-0.2, 0) is 4.74 Å². The van der Waals surface area contributed by atoms with Crippen molar-refractivity contribution in [3.8, 4) is 0 Å². The Morgan fingerprint density at radius 3 is 2.35 bits per heavy atom. The van der Waals surface area contributed by atoms with E-state index in [9.17, 15) is 5.11 Å². The molecule has 0 radical (unpaired) electrons. The van der Waals surface area contributed by atoms with Gasteiger partial charge in [0, 0.05) is 40.3 Å². The lowest BCUT2D eigenvalue weighted by Gasteiger charge is -2.06. The second-order valence-corrected chi connectivity index (χ2v) is 7.81. The van der Waals surface area contributed by atoms with Gasteiger partial charge in [-0.2, -0.15) is 0 Å². The molecule has 156 valence electrons. The number of nitrogens with one attached hydrogen (secondary N) is 2. The first-order chi connectivity index (χ1) is 15.4. The summed E-state index contributed by atoms with van der Waals surface area (Å²) in [5.41, 5.74) is 7.70. The van der Waals surface area contributed by atoms with Crippen molar-refractivity contribution >= 4 is 45.9 Å². The molecule has 2 unspecified atom stereocenters. The van der Waals surface area contributed by atoms with E-state index in [4.69, 9.17) is 11.1 Å². The SMILES string of the molecule is [2H]c1c(C(C)OC)c2cc3nc(cc4ccc(cc5nc(cc1[nH]2)C=C5)[nH]4)C(C(C)O)=C3. The molecule has 3 N–H and O–H groups in total. The molecular formula is C25H24N4O2. The first-order valence-electron chi connectivity index (χ1n) is 10.7. The van der Waals surface area contributed by atoms with Crippen LogP contribution >= 0.6 is 0 Å². The number of aliphatic hydroxyl groups is 1. The maximum atomic E-state index is 10.3. The lowest BCUT2D eigenvalue weighted by Crippen LogP contribution is -2.01. The highest BCUT2D eigenvalue weighted by molar-refractivity contribution is 5.86. The van der Waals surface area contributed by atoms with E-state index in [0.717, 1.165) is 39.1 Å². The lowest BCUT2D eigenvalue weighted by atomic mass is 10.1. The highest BCUT2D eigenvalue weighted by atomic mass is 16.5. The highest BCUT2D eigenvalue weighted by Crippen LogP contribution is 2.28. The third-order valence-corrected chi connectivity index (χ3v) is 5.48. The fourth-order valence-electron chi connectivity index (χ4n) is 3.83. The van der Waals surface area contributed by atoms with Crippen molar-refractivity contribution in [1.82, 2.24) is 19.9 Å². The van der Waals surface area contributed by atoms with Crippen LogP contribution in [0.2, 0.25) is 0 Å². The Hall–Kier alpha value is -3.48. The number of rotatable bonds is 3. The van der Waals surface area contributed by atoms with E-state index in [0.29, 0.717) is 22.9 Å². The topological polar surface area (TPSA) is 86.8 Å². The molecule has 0 fully saturated rings. The molecule has 8 bridgehead atoms. The van der Waals surface area contributed by atoms with Crippen LogP contribution in [0.1, 0.15) is 49.7 Å². The van der Waals surface area contributed by atoms with Gasteiger partial charge in [0.15, 0.2) is 0 Å². The Kier molecular flexibility index (Phi) is 4.52. The van der Waals surface area contributed by atoms with Crippen LogP contribution in [0.4, 0.5) is 0 Å². The van der Waals surface area contributed by atoms with Crippen molar-refractivity contribution in [2.75, 3.05) is 7.11 Å².